The van der Waals surface area contributed by atoms with Gasteiger partial charge in [-0.25, -0.2) is 0 Å². The molecular formula is C18H20N2O2S. The maximum atomic E-state index is 10.00. The van der Waals surface area contributed by atoms with Gasteiger partial charge in [0.1, 0.15) is 18.5 Å². The number of fused-ring (bicyclic) bond motifs is 1. The van der Waals surface area contributed by atoms with Crippen LogP contribution in [0, 0.1) is 6.92 Å². The van der Waals surface area contributed by atoms with Gasteiger partial charge in [-0.1, -0.05) is 12.1 Å². The van der Waals surface area contributed by atoms with Crippen LogP contribution < -0.4 is 10.1 Å². The highest BCUT2D eigenvalue weighted by atomic mass is 32.1. The van der Waals surface area contributed by atoms with Gasteiger partial charge in [-0.15, -0.1) is 11.3 Å². The first kappa shape index (κ1) is 15.9. The van der Waals surface area contributed by atoms with Crippen molar-refractivity contribution in [1.29, 1.82) is 0 Å². The molecule has 4 nitrogen and oxygen atoms in total. The molecule has 0 aliphatic rings. The van der Waals surface area contributed by atoms with Crippen molar-refractivity contribution in [3.05, 3.63) is 59.1 Å². The van der Waals surface area contributed by atoms with Crippen LogP contribution in [0.25, 0.3) is 10.2 Å². The van der Waals surface area contributed by atoms with Crippen LogP contribution in [0.4, 0.5) is 0 Å². The van der Waals surface area contributed by atoms with E-state index < -0.39 is 6.10 Å². The van der Waals surface area contributed by atoms with E-state index in [9.17, 15) is 5.11 Å². The molecule has 0 radical (unpaired) electrons. The number of hydrogen-bond donors (Lipinski definition) is 2. The first-order valence-corrected chi connectivity index (χ1v) is 8.49. The molecule has 2 N–H and O–H groups in total. The second-order valence-electron chi connectivity index (χ2n) is 5.56. The topological polar surface area (TPSA) is 54.4 Å². The Morgan fingerprint density at radius 1 is 1.30 bits per heavy atom. The number of rotatable bonds is 7. The van der Waals surface area contributed by atoms with E-state index in [2.05, 4.69) is 16.4 Å². The van der Waals surface area contributed by atoms with Crippen molar-refractivity contribution in [2.24, 2.45) is 0 Å². The summed E-state index contributed by atoms with van der Waals surface area (Å²) in [5, 5.41) is 15.3. The number of pyridine rings is 1. The molecule has 120 valence electrons. The van der Waals surface area contributed by atoms with E-state index in [4.69, 9.17) is 4.74 Å². The molecule has 5 heteroatoms. The van der Waals surface area contributed by atoms with Crippen molar-refractivity contribution in [1.82, 2.24) is 10.3 Å². The van der Waals surface area contributed by atoms with Gasteiger partial charge >= 0.3 is 0 Å². The lowest BCUT2D eigenvalue weighted by Crippen LogP contribution is -2.31. The van der Waals surface area contributed by atoms with Gasteiger partial charge in [0, 0.05) is 19.3 Å². The Labute approximate surface area is 139 Å². The number of nitrogens with zero attached hydrogens (tertiary/aromatic N) is 1. The summed E-state index contributed by atoms with van der Waals surface area (Å²) >= 11 is 1.69. The van der Waals surface area contributed by atoms with Gasteiger partial charge in [-0.3, -0.25) is 4.98 Å². The van der Waals surface area contributed by atoms with E-state index in [1.54, 1.807) is 11.3 Å². The number of aliphatic hydroxyl groups excluding tert-OH is 1. The molecule has 0 aliphatic carbocycles. The summed E-state index contributed by atoms with van der Waals surface area (Å²) < 4.78 is 6.79. The third-order valence-corrected chi connectivity index (χ3v) is 4.35. The number of benzene rings is 1. The van der Waals surface area contributed by atoms with Gasteiger partial charge in [-0.05, 0) is 47.7 Å². The van der Waals surface area contributed by atoms with Gasteiger partial charge in [0.15, 0.2) is 0 Å². The molecule has 0 bridgehead atoms. The number of ether oxygens (including phenoxy) is 1. The molecule has 2 heterocycles. The predicted molar refractivity (Wildman–Crippen MR) is 94.0 cm³/mol. The Morgan fingerprint density at radius 2 is 2.22 bits per heavy atom. The smallest absolute Gasteiger partial charge is 0.119 e. The summed E-state index contributed by atoms with van der Waals surface area (Å²) in [5.41, 5.74) is 3.30. The molecule has 1 aromatic carbocycles. The highest BCUT2D eigenvalue weighted by Gasteiger charge is 2.06. The second-order valence-corrected chi connectivity index (χ2v) is 6.51. The molecule has 3 rings (SSSR count). The highest BCUT2D eigenvalue weighted by molar-refractivity contribution is 7.17. The zero-order valence-corrected chi connectivity index (χ0v) is 13.8. The summed E-state index contributed by atoms with van der Waals surface area (Å²) in [6.45, 7) is 3.46. The molecule has 23 heavy (non-hydrogen) atoms. The standard InChI is InChI=1S/C18H20N2O2S/c1-13-3-2-4-16(7-13)22-12-15(21)11-19-9-14-8-18-17(20-10-14)5-6-23-18/h2-8,10,15,19,21H,9,11-12H2,1H3. The lowest BCUT2D eigenvalue weighted by Gasteiger charge is -2.13. The van der Waals surface area contributed by atoms with Gasteiger partial charge in [-0.2, -0.15) is 0 Å². The van der Waals surface area contributed by atoms with Crippen molar-refractivity contribution >= 4 is 21.6 Å². The lowest BCUT2D eigenvalue weighted by molar-refractivity contribution is 0.106. The maximum absolute atomic E-state index is 10.00. The van der Waals surface area contributed by atoms with E-state index in [-0.39, 0.29) is 6.61 Å². The van der Waals surface area contributed by atoms with Crippen molar-refractivity contribution in [2.75, 3.05) is 13.2 Å². The first-order chi connectivity index (χ1) is 11.2. The van der Waals surface area contributed by atoms with Gasteiger partial charge in [0.05, 0.1) is 10.2 Å². The Balaban J connectivity index is 1.42. The van der Waals surface area contributed by atoms with E-state index in [0.717, 1.165) is 22.4 Å². The molecule has 0 aliphatic heterocycles. The molecule has 0 spiro atoms. The van der Waals surface area contributed by atoms with Crippen LogP contribution in [0.5, 0.6) is 5.75 Å². The zero-order chi connectivity index (χ0) is 16.1. The molecule has 3 aromatic rings. The number of hydrogen-bond acceptors (Lipinski definition) is 5. The summed E-state index contributed by atoms with van der Waals surface area (Å²) in [7, 11) is 0. The van der Waals surface area contributed by atoms with Crippen molar-refractivity contribution in [3.8, 4) is 5.75 Å². The molecule has 0 saturated heterocycles. The minimum atomic E-state index is -0.547. The van der Waals surface area contributed by atoms with Gasteiger partial charge < -0.3 is 15.2 Å². The maximum Gasteiger partial charge on any atom is 0.119 e. The Hall–Kier alpha value is -1.95. The Bertz CT molecular complexity index is 772. The summed E-state index contributed by atoms with van der Waals surface area (Å²) in [5.74, 6) is 0.788. The number of nitrogens with one attached hydrogen (secondary N) is 1. The number of thiophene rings is 1. The fraction of sp³-hybridized carbons (Fsp3) is 0.278. The van der Waals surface area contributed by atoms with Crippen LogP contribution in [0.2, 0.25) is 0 Å². The third-order valence-electron chi connectivity index (χ3n) is 3.50. The summed E-state index contributed by atoms with van der Waals surface area (Å²) in [6, 6.07) is 12.0. The van der Waals surface area contributed by atoms with E-state index in [1.807, 2.05) is 48.8 Å². The number of aliphatic hydroxyl groups is 1. The Morgan fingerprint density at radius 3 is 3.09 bits per heavy atom. The van der Waals surface area contributed by atoms with E-state index in [0.29, 0.717) is 13.1 Å². The highest BCUT2D eigenvalue weighted by Crippen LogP contribution is 2.19. The monoisotopic (exact) mass is 328 g/mol. The molecule has 2 aromatic heterocycles. The van der Waals surface area contributed by atoms with Crippen LogP contribution in [0.1, 0.15) is 11.1 Å². The SMILES string of the molecule is Cc1cccc(OCC(O)CNCc2cnc3ccsc3c2)c1. The van der Waals surface area contributed by atoms with Gasteiger partial charge in [0.25, 0.3) is 0 Å². The fourth-order valence-electron chi connectivity index (χ4n) is 2.32. The van der Waals surface area contributed by atoms with E-state index >= 15 is 0 Å². The summed E-state index contributed by atoms with van der Waals surface area (Å²) in [4.78, 5) is 4.41. The van der Waals surface area contributed by atoms with Crippen LogP contribution in [-0.4, -0.2) is 29.3 Å². The quantitative estimate of drug-likeness (QED) is 0.700. The van der Waals surface area contributed by atoms with E-state index in [1.165, 1.54) is 4.70 Å². The minimum absolute atomic E-state index is 0.276. The zero-order valence-electron chi connectivity index (χ0n) is 13.0. The largest absolute Gasteiger partial charge is 0.491 e. The molecule has 1 atom stereocenters. The Kier molecular flexibility index (Phi) is 5.23. The molecule has 0 saturated carbocycles. The summed E-state index contributed by atoms with van der Waals surface area (Å²) in [6.07, 6.45) is 1.33. The molecular weight excluding hydrogens is 308 g/mol. The lowest BCUT2D eigenvalue weighted by atomic mass is 10.2. The van der Waals surface area contributed by atoms with Crippen LogP contribution in [-0.2, 0) is 6.54 Å². The van der Waals surface area contributed by atoms with Crippen molar-refractivity contribution < 1.29 is 9.84 Å². The average Bonchev–Trinajstić information content (AvgIpc) is 3.01. The normalized spacial score (nSPS) is 12.4. The average molecular weight is 328 g/mol. The van der Waals surface area contributed by atoms with Crippen LogP contribution in [0.15, 0.2) is 48.0 Å². The fourth-order valence-corrected chi connectivity index (χ4v) is 3.13. The van der Waals surface area contributed by atoms with Crippen LogP contribution >= 0.6 is 11.3 Å². The second kappa shape index (κ2) is 7.55. The third kappa shape index (κ3) is 4.51. The first-order valence-electron chi connectivity index (χ1n) is 7.61. The predicted octanol–water partition coefficient (Wildman–Crippen LogP) is 3.13. The number of aryl methyl sites for hydroxylation is 1. The number of aromatic nitrogens is 1. The molecule has 1 unspecified atom stereocenters. The van der Waals surface area contributed by atoms with Gasteiger partial charge in [0.2, 0.25) is 0 Å². The van der Waals surface area contributed by atoms with Crippen molar-refractivity contribution in [3.63, 3.8) is 0 Å². The molecule has 0 amide bonds. The van der Waals surface area contributed by atoms with Crippen molar-refractivity contribution in [2.45, 2.75) is 19.6 Å². The minimum Gasteiger partial charge on any atom is -0.491 e. The molecule has 0 fully saturated rings. The van der Waals surface area contributed by atoms with Crippen LogP contribution in [0.3, 0.4) is 0 Å².